The summed E-state index contributed by atoms with van der Waals surface area (Å²) >= 11 is 5.99. The van der Waals surface area contributed by atoms with E-state index in [2.05, 4.69) is 20.1 Å². The van der Waals surface area contributed by atoms with Gasteiger partial charge in [-0.05, 0) is 42.0 Å². The molecule has 8 heteroatoms. The smallest absolute Gasteiger partial charge is 0.313 e. The van der Waals surface area contributed by atoms with Gasteiger partial charge in [-0.1, -0.05) is 23.7 Å². The van der Waals surface area contributed by atoms with Gasteiger partial charge >= 0.3 is 5.69 Å². The Morgan fingerprint density at radius 1 is 1.15 bits per heavy atom. The average molecular weight is 380 g/mol. The van der Waals surface area contributed by atoms with Gasteiger partial charge in [0.05, 0.1) is 11.3 Å². The largest absolute Gasteiger partial charge is 0.325 e. The molecule has 4 aromatic rings. The second kappa shape index (κ2) is 5.92. The van der Waals surface area contributed by atoms with Crippen molar-refractivity contribution in [2.75, 3.05) is 0 Å². The molecule has 1 aliphatic rings. The first-order valence-corrected chi connectivity index (χ1v) is 8.90. The van der Waals surface area contributed by atoms with Crippen LogP contribution >= 0.6 is 11.6 Å². The average Bonchev–Trinajstić information content (AvgIpc) is 3.30. The molecule has 7 nitrogen and oxygen atoms in total. The molecule has 0 unspecified atom stereocenters. The molecule has 5 rings (SSSR count). The van der Waals surface area contributed by atoms with Gasteiger partial charge in [-0.25, -0.2) is 14.3 Å². The van der Waals surface area contributed by atoms with Crippen molar-refractivity contribution >= 4 is 17.2 Å². The zero-order valence-electron chi connectivity index (χ0n) is 14.0. The van der Waals surface area contributed by atoms with Crippen molar-refractivity contribution in [3.05, 3.63) is 85.9 Å². The number of imidazole rings is 1. The van der Waals surface area contributed by atoms with E-state index in [-0.39, 0.29) is 0 Å². The molecule has 1 fully saturated rings. The molecular weight excluding hydrogens is 366 g/mol. The van der Waals surface area contributed by atoms with E-state index in [0.29, 0.717) is 23.1 Å². The van der Waals surface area contributed by atoms with Gasteiger partial charge in [0.2, 0.25) is 0 Å². The van der Waals surface area contributed by atoms with E-state index in [1.54, 1.807) is 16.9 Å². The Balaban J connectivity index is 1.60. The summed E-state index contributed by atoms with van der Waals surface area (Å²) in [4.78, 5) is 32.6. The monoisotopic (exact) mass is 379 g/mol. The van der Waals surface area contributed by atoms with Crippen molar-refractivity contribution in [2.24, 2.45) is 0 Å². The summed E-state index contributed by atoms with van der Waals surface area (Å²) in [5.41, 5.74) is 2.84. The van der Waals surface area contributed by atoms with E-state index >= 15 is 0 Å². The molecule has 0 radical (unpaired) electrons. The normalized spacial score (nSPS) is 18.7. The van der Waals surface area contributed by atoms with E-state index in [1.165, 1.54) is 11.8 Å². The summed E-state index contributed by atoms with van der Waals surface area (Å²) < 4.78 is 1.67. The maximum absolute atomic E-state index is 12.2. The summed E-state index contributed by atoms with van der Waals surface area (Å²) in [6.07, 6.45) is 5.82. The highest BCUT2D eigenvalue weighted by Crippen LogP contribution is 2.55. The van der Waals surface area contributed by atoms with Crippen LogP contribution in [0.1, 0.15) is 29.4 Å². The van der Waals surface area contributed by atoms with Gasteiger partial charge in [0.1, 0.15) is 0 Å². The van der Waals surface area contributed by atoms with E-state index in [1.807, 2.05) is 30.3 Å². The van der Waals surface area contributed by atoms with Gasteiger partial charge in [-0.15, -0.1) is 0 Å². The SMILES string of the molecule is O=c1[nH]cc(-c2cc([C@@H]3C[C@H]3c3ccc(Cl)cc3)c3nccn3n2)c(=O)[nH]1. The Morgan fingerprint density at radius 3 is 2.74 bits per heavy atom. The molecule has 0 spiro atoms. The molecule has 3 heterocycles. The van der Waals surface area contributed by atoms with Gasteiger partial charge in [-0.3, -0.25) is 9.78 Å². The third-order valence-electron chi connectivity index (χ3n) is 4.97. The molecule has 27 heavy (non-hydrogen) atoms. The van der Waals surface area contributed by atoms with Crippen LogP contribution in [0.3, 0.4) is 0 Å². The van der Waals surface area contributed by atoms with Crippen LogP contribution in [-0.2, 0) is 0 Å². The van der Waals surface area contributed by atoms with Crippen LogP contribution in [0.2, 0.25) is 5.02 Å². The first-order chi connectivity index (χ1) is 13.1. The lowest BCUT2D eigenvalue weighted by Crippen LogP contribution is -2.23. The number of benzene rings is 1. The molecule has 134 valence electrons. The summed E-state index contributed by atoms with van der Waals surface area (Å²) in [5, 5.41) is 5.19. The number of aromatic amines is 2. The van der Waals surface area contributed by atoms with Crippen molar-refractivity contribution in [1.82, 2.24) is 24.6 Å². The van der Waals surface area contributed by atoms with Crippen molar-refractivity contribution in [3.63, 3.8) is 0 Å². The fourth-order valence-electron chi connectivity index (χ4n) is 3.56. The molecule has 0 bridgehead atoms. The minimum Gasteiger partial charge on any atom is -0.313 e. The number of nitrogens with one attached hydrogen (secondary N) is 2. The summed E-state index contributed by atoms with van der Waals surface area (Å²) in [6.45, 7) is 0. The Hall–Kier alpha value is -3.19. The fraction of sp³-hybridized carbons (Fsp3) is 0.158. The summed E-state index contributed by atoms with van der Waals surface area (Å²) in [6, 6.07) is 9.78. The number of aromatic nitrogens is 5. The first-order valence-electron chi connectivity index (χ1n) is 8.52. The van der Waals surface area contributed by atoms with E-state index in [0.717, 1.165) is 22.7 Å². The number of fused-ring (bicyclic) bond motifs is 1. The number of hydrogen-bond donors (Lipinski definition) is 2. The van der Waals surface area contributed by atoms with Gasteiger partial charge in [-0.2, -0.15) is 5.10 Å². The highest BCUT2D eigenvalue weighted by molar-refractivity contribution is 6.30. The van der Waals surface area contributed by atoms with Crippen LogP contribution in [0.15, 0.2) is 58.5 Å². The minimum atomic E-state index is -0.544. The standard InChI is InChI=1S/C19H14ClN5O2/c20-11-3-1-10(2-4-11)12-7-13(12)14-8-16(24-25-6-5-21-17(14)25)15-9-22-19(27)23-18(15)26/h1-6,8-9,12-13H,7H2,(H2,22,23,26,27)/t12-,13+/m0/s1. The number of H-pyrrole nitrogens is 2. The van der Waals surface area contributed by atoms with Crippen molar-refractivity contribution in [1.29, 1.82) is 0 Å². The lowest BCUT2D eigenvalue weighted by Gasteiger charge is -2.07. The predicted octanol–water partition coefficient (Wildman–Crippen LogP) is 2.70. The third-order valence-corrected chi connectivity index (χ3v) is 5.22. The second-order valence-electron chi connectivity index (χ2n) is 6.67. The van der Waals surface area contributed by atoms with Crippen molar-refractivity contribution in [3.8, 4) is 11.3 Å². The van der Waals surface area contributed by atoms with E-state index < -0.39 is 11.2 Å². The molecule has 2 atom stereocenters. The number of rotatable bonds is 3. The zero-order valence-corrected chi connectivity index (χ0v) is 14.8. The number of halogens is 1. The van der Waals surface area contributed by atoms with Crippen LogP contribution in [0.4, 0.5) is 0 Å². The van der Waals surface area contributed by atoms with Crippen LogP contribution < -0.4 is 11.2 Å². The number of hydrogen-bond acceptors (Lipinski definition) is 4. The Labute approximate surface area is 157 Å². The zero-order chi connectivity index (χ0) is 18.5. The second-order valence-corrected chi connectivity index (χ2v) is 7.10. The van der Waals surface area contributed by atoms with Crippen LogP contribution in [0.25, 0.3) is 16.9 Å². The maximum atomic E-state index is 12.2. The minimum absolute atomic E-state index is 0.291. The van der Waals surface area contributed by atoms with Crippen LogP contribution in [0.5, 0.6) is 0 Å². The summed E-state index contributed by atoms with van der Waals surface area (Å²) in [5.74, 6) is 0.673. The molecule has 1 aromatic carbocycles. The lowest BCUT2D eigenvalue weighted by atomic mass is 10.0. The van der Waals surface area contributed by atoms with Gasteiger partial charge in [0, 0.05) is 29.2 Å². The van der Waals surface area contributed by atoms with Crippen molar-refractivity contribution < 1.29 is 0 Å². The lowest BCUT2D eigenvalue weighted by molar-refractivity contribution is 0.906. The topological polar surface area (TPSA) is 95.9 Å². The molecule has 0 aliphatic heterocycles. The van der Waals surface area contributed by atoms with E-state index in [9.17, 15) is 9.59 Å². The number of nitrogens with zero attached hydrogens (tertiary/aromatic N) is 3. The molecule has 1 aliphatic carbocycles. The predicted molar refractivity (Wildman–Crippen MR) is 101 cm³/mol. The Bertz CT molecular complexity index is 1270. The molecule has 1 saturated carbocycles. The summed E-state index contributed by atoms with van der Waals surface area (Å²) in [7, 11) is 0. The molecule has 3 aromatic heterocycles. The third kappa shape index (κ3) is 2.76. The van der Waals surface area contributed by atoms with Gasteiger partial charge < -0.3 is 4.98 Å². The molecule has 0 amide bonds. The molecular formula is C19H14ClN5O2. The van der Waals surface area contributed by atoms with Gasteiger partial charge in [0.25, 0.3) is 5.56 Å². The highest BCUT2D eigenvalue weighted by atomic mass is 35.5. The van der Waals surface area contributed by atoms with Gasteiger partial charge in [0.15, 0.2) is 5.65 Å². The quantitative estimate of drug-likeness (QED) is 0.572. The van der Waals surface area contributed by atoms with E-state index in [4.69, 9.17) is 11.6 Å². The molecule has 2 N–H and O–H groups in total. The fourth-order valence-corrected chi connectivity index (χ4v) is 3.69. The van der Waals surface area contributed by atoms with Crippen LogP contribution in [-0.4, -0.2) is 24.6 Å². The molecule has 0 saturated heterocycles. The van der Waals surface area contributed by atoms with Crippen LogP contribution in [0, 0.1) is 0 Å². The first kappa shape index (κ1) is 16.0. The maximum Gasteiger partial charge on any atom is 0.325 e. The Morgan fingerprint density at radius 2 is 1.96 bits per heavy atom. The highest BCUT2D eigenvalue weighted by Gasteiger charge is 2.41. The Kier molecular flexibility index (Phi) is 3.51. The van der Waals surface area contributed by atoms with Crippen molar-refractivity contribution in [2.45, 2.75) is 18.3 Å².